The fourth-order valence-electron chi connectivity index (χ4n) is 3.38. The summed E-state index contributed by atoms with van der Waals surface area (Å²) in [7, 11) is 0. The second-order valence-corrected chi connectivity index (χ2v) is 6.38. The Bertz CT molecular complexity index is 272. The summed E-state index contributed by atoms with van der Waals surface area (Å²) >= 11 is 0. The first-order chi connectivity index (χ1) is 8.65. The van der Waals surface area contributed by atoms with Crippen LogP contribution in [0.2, 0.25) is 0 Å². The number of rotatable bonds is 3. The van der Waals surface area contributed by atoms with Gasteiger partial charge in [-0.25, -0.2) is 0 Å². The van der Waals surface area contributed by atoms with Gasteiger partial charge in [-0.05, 0) is 50.4 Å². The van der Waals surface area contributed by atoms with Crippen LogP contribution in [0.4, 0.5) is 0 Å². The normalized spacial score (nSPS) is 37.2. The molecule has 104 valence electrons. The van der Waals surface area contributed by atoms with E-state index in [4.69, 9.17) is 10.5 Å². The first kappa shape index (κ1) is 13.9. The Hall–Kier alpha value is -0.570. The van der Waals surface area contributed by atoms with E-state index < -0.39 is 0 Å². The second-order valence-electron chi connectivity index (χ2n) is 6.38. The van der Waals surface area contributed by atoms with Crippen molar-refractivity contribution in [2.45, 2.75) is 64.3 Å². The summed E-state index contributed by atoms with van der Waals surface area (Å²) < 4.78 is 5.52. The fourth-order valence-corrected chi connectivity index (χ4v) is 3.38. The number of nitrogens with two attached hydrogens (primary N) is 1. The topological polar surface area (TPSA) is 52.3 Å². The predicted octanol–water partition coefficient (Wildman–Crippen LogP) is 2.87. The Morgan fingerprint density at radius 1 is 1.17 bits per heavy atom. The SMILES string of the molecule is CC1CCCC(COC(=O)C2CCC(N)CC2)C1. The van der Waals surface area contributed by atoms with Gasteiger partial charge in [0, 0.05) is 6.04 Å². The minimum atomic E-state index is 0.0279. The third-order valence-corrected chi connectivity index (χ3v) is 4.61. The summed E-state index contributed by atoms with van der Waals surface area (Å²) in [6, 6.07) is 0.299. The molecule has 0 aliphatic heterocycles. The van der Waals surface area contributed by atoms with Gasteiger partial charge in [0.2, 0.25) is 0 Å². The fraction of sp³-hybridized carbons (Fsp3) is 0.933. The van der Waals surface area contributed by atoms with Gasteiger partial charge in [-0.1, -0.05) is 19.8 Å². The molecule has 3 nitrogen and oxygen atoms in total. The van der Waals surface area contributed by atoms with Gasteiger partial charge >= 0.3 is 5.97 Å². The Morgan fingerprint density at radius 2 is 1.89 bits per heavy atom. The maximum Gasteiger partial charge on any atom is 0.308 e. The zero-order chi connectivity index (χ0) is 13.0. The first-order valence-electron chi connectivity index (χ1n) is 7.57. The smallest absolute Gasteiger partial charge is 0.308 e. The zero-order valence-corrected chi connectivity index (χ0v) is 11.6. The Labute approximate surface area is 110 Å². The van der Waals surface area contributed by atoms with Crippen LogP contribution in [-0.2, 0) is 9.53 Å². The molecule has 2 fully saturated rings. The molecule has 2 saturated carbocycles. The Kier molecular flexibility index (Phi) is 5.04. The molecule has 2 N–H and O–H groups in total. The lowest BCUT2D eigenvalue weighted by molar-refractivity contribution is -0.151. The number of ether oxygens (including phenoxy) is 1. The van der Waals surface area contributed by atoms with Gasteiger partial charge in [-0.3, -0.25) is 4.79 Å². The quantitative estimate of drug-likeness (QED) is 0.787. The molecule has 18 heavy (non-hydrogen) atoms. The molecule has 2 unspecified atom stereocenters. The highest BCUT2D eigenvalue weighted by atomic mass is 16.5. The lowest BCUT2D eigenvalue weighted by Crippen LogP contribution is -2.31. The van der Waals surface area contributed by atoms with Crippen LogP contribution in [-0.4, -0.2) is 18.6 Å². The molecule has 0 radical (unpaired) electrons. The van der Waals surface area contributed by atoms with E-state index in [0.717, 1.165) is 31.6 Å². The van der Waals surface area contributed by atoms with Gasteiger partial charge in [0.15, 0.2) is 0 Å². The van der Waals surface area contributed by atoms with Gasteiger partial charge in [0.05, 0.1) is 12.5 Å². The van der Waals surface area contributed by atoms with E-state index in [-0.39, 0.29) is 11.9 Å². The molecule has 0 amide bonds. The van der Waals surface area contributed by atoms with Crippen LogP contribution < -0.4 is 5.73 Å². The maximum atomic E-state index is 12.0. The number of hydrogen-bond acceptors (Lipinski definition) is 3. The van der Waals surface area contributed by atoms with E-state index in [0.29, 0.717) is 18.6 Å². The maximum absolute atomic E-state index is 12.0. The summed E-state index contributed by atoms with van der Waals surface area (Å²) in [6.07, 6.45) is 8.87. The van der Waals surface area contributed by atoms with Crippen molar-refractivity contribution in [3.63, 3.8) is 0 Å². The summed E-state index contributed by atoms with van der Waals surface area (Å²) in [5.41, 5.74) is 5.85. The van der Waals surface area contributed by atoms with Crippen LogP contribution in [0.1, 0.15) is 58.3 Å². The van der Waals surface area contributed by atoms with Crippen LogP contribution >= 0.6 is 0 Å². The van der Waals surface area contributed by atoms with E-state index in [1.165, 1.54) is 25.7 Å². The summed E-state index contributed by atoms with van der Waals surface area (Å²) in [6.45, 7) is 2.95. The van der Waals surface area contributed by atoms with Gasteiger partial charge in [0.1, 0.15) is 0 Å². The standard InChI is InChI=1S/C15H27NO2/c1-11-3-2-4-12(9-11)10-18-15(17)13-5-7-14(16)8-6-13/h11-14H,2-10,16H2,1H3. The van der Waals surface area contributed by atoms with Gasteiger partial charge < -0.3 is 10.5 Å². The van der Waals surface area contributed by atoms with E-state index in [9.17, 15) is 4.79 Å². The molecule has 2 aliphatic rings. The van der Waals surface area contributed by atoms with Crippen molar-refractivity contribution in [3.05, 3.63) is 0 Å². The van der Waals surface area contributed by atoms with Crippen LogP contribution in [0.25, 0.3) is 0 Å². The van der Waals surface area contributed by atoms with Crippen molar-refractivity contribution >= 4 is 5.97 Å². The van der Waals surface area contributed by atoms with Crippen molar-refractivity contribution in [2.24, 2.45) is 23.5 Å². The van der Waals surface area contributed by atoms with E-state index in [1.807, 2.05) is 0 Å². The molecule has 2 aliphatic carbocycles. The zero-order valence-electron chi connectivity index (χ0n) is 11.6. The van der Waals surface area contributed by atoms with Crippen molar-refractivity contribution in [3.8, 4) is 0 Å². The van der Waals surface area contributed by atoms with Crippen LogP contribution in [0.15, 0.2) is 0 Å². The van der Waals surface area contributed by atoms with Crippen LogP contribution in [0.3, 0.4) is 0 Å². The van der Waals surface area contributed by atoms with Gasteiger partial charge in [0.25, 0.3) is 0 Å². The second kappa shape index (κ2) is 6.55. The summed E-state index contributed by atoms with van der Waals surface area (Å²) in [4.78, 5) is 12.0. The predicted molar refractivity (Wildman–Crippen MR) is 72.0 cm³/mol. The third kappa shape index (κ3) is 3.98. The molecule has 0 heterocycles. The first-order valence-corrected chi connectivity index (χ1v) is 7.57. The van der Waals surface area contributed by atoms with Crippen LogP contribution in [0, 0.1) is 17.8 Å². The lowest BCUT2D eigenvalue weighted by atomic mass is 9.83. The minimum Gasteiger partial charge on any atom is -0.465 e. The highest BCUT2D eigenvalue weighted by molar-refractivity contribution is 5.72. The number of carbonyl (C=O) groups is 1. The van der Waals surface area contributed by atoms with Gasteiger partial charge in [-0.15, -0.1) is 0 Å². The van der Waals surface area contributed by atoms with Crippen molar-refractivity contribution in [1.29, 1.82) is 0 Å². The molecule has 0 aromatic heterocycles. The van der Waals surface area contributed by atoms with Crippen LogP contribution in [0.5, 0.6) is 0 Å². The molecule has 0 aromatic carbocycles. The molecule has 2 rings (SSSR count). The largest absolute Gasteiger partial charge is 0.465 e. The minimum absolute atomic E-state index is 0.0279. The van der Waals surface area contributed by atoms with E-state index >= 15 is 0 Å². The molecule has 0 saturated heterocycles. The third-order valence-electron chi connectivity index (χ3n) is 4.61. The van der Waals surface area contributed by atoms with E-state index in [1.54, 1.807) is 0 Å². The lowest BCUT2D eigenvalue weighted by Gasteiger charge is -2.28. The average molecular weight is 253 g/mol. The molecule has 0 bridgehead atoms. The molecule has 0 aromatic rings. The van der Waals surface area contributed by atoms with Crippen molar-refractivity contribution in [1.82, 2.24) is 0 Å². The Balaban J connectivity index is 1.68. The Morgan fingerprint density at radius 3 is 2.56 bits per heavy atom. The molecule has 2 atom stereocenters. The average Bonchev–Trinajstić information content (AvgIpc) is 2.37. The highest BCUT2D eigenvalue weighted by Crippen LogP contribution is 2.29. The molecular formula is C15H27NO2. The number of esters is 1. The summed E-state index contributed by atoms with van der Waals surface area (Å²) in [5, 5.41) is 0. The van der Waals surface area contributed by atoms with Crippen molar-refractivity contribution < 1.29 is 9.53 Å². The van der Waals surface area contributed by atoms with Gasteiger partial charge in [-0.2, -0.15) is 0 Å². The molecule has 3 heteroatoms. The number of carbonyl (C=O) groups excluding carboxylic acids is 1. The molecular weight excluding hydrogens is 226 g/mol. The van der Waals surface area contributed by atoms with E-state index in [2.05, 4.69) is 6.92 Å². The molecule has 0 spiro atoms. The monoisotopic (exact) mass is 253 g/mol. The van der Waals surface area contributed by atoms with Crippen molar-refractivity contribution in [2.75, 3.05) is 6.61 Å². The number of hydrogen-bond donors (Lipinski definition) is 1. The summed E-state index contributed by atoms with van der Waals surface area (Å²) in [5.74, 6) is 1.55. The highest BCUT2D eigenvalue weighted by Gasteiger charge is 2.27.